The minimum atomic E-state index is -1.25. The maximum absolute atomic E-state index is 12.0. The highest BCUT2D eigenvalue weighted by Gasteiger charge is 2.41. The molecule has 2 aliphatic rings. The van der Waals surface area contributed by atoms with Gasteiger partial charge < -0.3 is 5.11 Å². The van der Waals surface area contributed by atoms with Gasteiger partial charge in [-0.3, -0.25) is 19.7 Å². The molecule has 6 nitrogen and oxygen atoms in total. The first kappa shape index (κ1) is 12.5. The molecule has 2 aliphatic carbocycles. The van der Waals surface area contributed by atoms with Gasteiger partial charge in [-0.1, -0.05) is 0 Å². The Hall–Kier alpha value is -2.50. The molecule has 0 radical (unpaired) electrons. The number of aryl methyl sites for hydroxylation is 2. The Labute approximate surface area is 113 Å². The zero-order chi connectivity index (χ0) is 14.4. The molecular weight excluding hydrogens is 262 g/mol. The highest BCUT2D eigenvalue weighted by Crippen LogP contribution is 2.33. The number of hydrogen-bond donors (Lipinski definition) is 1. The number of carbonyl (C=O) groups is 2. The van der Waals surface area contributed by atoms with Gasteiger partial charge in [0.05, 0.1) is 4.92 Å². The number of ketones is 2. The lowest BCUT2D eigenvalue weighted by molar-refractivity contribution is -0.418. The van der Waals surface area contributed by atoms with Crippen molar-refractivity contribution < 1.29 is 19.6 Å². The Morgan fingerprint density at radius 2 is 1.55 bits per heavy atom. The van der Waals surface area contributed by atoms with E-state index in [1.54, 1.807) is 12.1 Å². The summed E-state index contributed by atoms with van der Waals surface area (Å²) in [4.78, 5) is 33.5. The topological polar surface area (TPSA) is 97.5 Å². The Morgan fingerprint density at radius 1 is 1.00 bits per heavy atom. The molecule has 0 bridgehead atoms. The minimum absolute atomic E-state index is 0.0683. The van der Waals surface area contributed by atoms with E-state index in [0.717, 1.165) is 36.8 Å². The van der Waals surface area contributed by atoms with E-state index in [0.29, 0.717) is 0 Å². The lowest BCUT2D eigenvalue weighted by Gasteiger charge is -2.20. The number of nitrogens with zero attached hydrogens (tertiary/aromatic N) is 1. The molecule has 0 unspecified atom stereocenters. The van der Waals surface area contributed by atoms with Gasteiger partial charge in [0, 0.05) is 11.1 Å². The lowest BCUT2D eigenvalue weighted by Crippen LogP contribution is -2.28. The van der Waals surface area contributed by atoms with E-state index in [2.05, 4.69) is 0 Å². The van der Waals surface area contributed by atoms with E-state index in [1.165, 1.54) is 0 Å². The van der Waals surface area contributed by atoms with Gasteiger partial charge in [-0.25, -0.2) is 0 Å². The Kier molecular flexibility index (Phi) is 2.67. The van der Waals surface area contributed by atoms with Gasteiger partial charge in [-0.15, -0.1) is 0 Å². The fourth-order valence-corrected chi connectivity index (χ4v) is 2.80. The van der Waals surface area contributed by atoms with Gasteiger partial charge in [0.1, 0.15) is 0 Å². The second-order valence-corrected chi connectivity index (χ2v) is 4.99. The molecule has 0 aromatic heterocycles. The second-order valence-electron chi connectivity index (χ2n) is 4.99. The molecule has 0 heterocycles. The Bertz CT molecular complexity index is 702. The van der Waals surface area contributed by atoms with E-state index in [9.17, 15) is 24.8 Å². The average Bonchev–Trinajstić information content (AvgIpc) is 2.43. The van der Waals surface area contributed by atoms with Gasteiger partial charge in [0.2, 0.25) is 11.5 Å². The highest BCUT2D eigenvalue weighted by molar-refractivity contribution is 6.51. The molecule has 1 aromatic rings. The molecular formula is C14H11NO5. The number of benzene rings is 1. The molecule has 0 aliphatic heterocycles. The summed E-state index contributed by atoms with van der Waals surface area (Å²) in [6.45, 7) is 0. The van der Waals surface area contributed by atoms with Crippen LogP contribution < -0.4 is 0 Å². The molecule has 20 heavy (non-hydrogen) atoms. The summed E-state index contributed by atoms with van der Waals surface area (Å²) in [5.74, 6) is -2.88. The monoisotopic (exact) mass is 273 g/mol. The van der Waals surface area contributed by atoms with Crippen molar-refractivity contribution in [1.29, 1.82) is 0 Å². The molecule has 3 rings (SSSR count). The van der Waals surface area contributed by atoms with Crippen LogP contribution in [-0.2, 0) is 17.6 Å². The quantitative estimate of drug-likeness (QED) is 0.478. The van der Waals surface area contributed by atoms with Gasteiger partial charge in [0.25, 0.3) is 0 Å². The van der Waals surface area contributed by atoms with E-state index in [4.69, 9.17) is 0 Å². The zero-order valence-corrected chi connectivity index (χ0v) is 10.5. The molecule has 1 N–H and O–H groups in total. The molecule has 0 amide bonds. The van der Waals surface area contributed by atoms with Crippen molar-refractivity contribution in [1.82, 2.24) is 0 Å². The van der Waals surface area contributed by atoms with Gasteiger partial charge in [0.15, 0.2) is 0 Å². The molecule has 0 saturated heterocycles. The van der Waals surface area contributed by atoms with Crippen molar-refractivity contribution in [2.45, 2.75) is 25.7 Å². The van der Waals surface area contributed by atoms with Crippen LogP contribution in [0, 0.1) is 10.1 Å². The number of rotatable bonds is 1. The van der Waals surface area contributed by atoms with Crippen molar-refractivity contribution >= 4 is 17.3 Å². The van der Waals surface area contributed by atoms with Crippen molar-refractivity contribution in [3.05, 3.63) is 50.2 Å². The molecule has 0 fully saturated rings. The number of aliphatic hydroxyl groups is 1. The number of aliphatic hydroxyl groups excluding tert-OH is 1. The first-order valence-electron chi connectivity index (χ1n) is 6.33. The Morgan fingerprint density at radius 3 is 2.10 bits per heavy atom. The van der Waals surface area contributed by atoms with Gasteiger partial charge in [-0.05, 0) is 48.9 Å². The predicted molar refractivity (Wildman–Crippen MR) is 69.0 cm³/mol. The average molecular weight is 273 g/mol. The minimum Gasteiger partial charge on any atom is -0.502 e. The maximum atomic E-state index is 12.0. The van der Waals surface area contributed by atoms with E-state index >= 15 is 0 Å². The normalized spacial score (nSPS) is 17.8. The molecule has 102 valence electrons. The Balaban J connectivity index is 2.28. The first-order chi connectivity index (χ1) is 9.50. The number of hydrogen-bond acceptors (Lipinski definition) is 5. The smallest absolute Gasteiger partial charge is 0.362 e. The third-order valence-electron chi connectivity index (χ3n) is 3.81. The predicted octanol–water partition coefficient (Wildman–Crippen LogP) is 1.83. The highest BCUT2D eigenvalue weighted by atomic mass is 16.6. The van der Waals surface area contributed by atoms with Crippen LogP contribution in [0.15, 0.2) is 17.8 Å². The van der Waals surface area contributed by atoms with Crippen LogP contribution >= 0.6 is 0 Å². The molecule has 0 spiro atoms. The van der Waals surface area contributed by atoms with Crippen LogP contribution in [0.5, 0.6) is 0 Å². The van der Waals surface area contributed by atoms with Crippen LogP contribution in [0.2, 0.25) is 0 Å². The molecule has 6 heteroatoms. The molecule has 0 atom stereocenters. The van der Waals surface area contributed by atoms with Crippen molar-refractivity contribution in [3.8, 4) is 0 Å². The zero-order valence-electron chi connectivity index (χ0n) is 10.5. The molecule has 0 saturated carbocycles. The summed E-state index contributed by atoms with van der Waals surface area (Å²) < 4.78 is 0. The standard InChI is InChI=1S/C14H11NO5/c16-12-9-5-7-3-1-2-4-8(7)6-10(9)13(17)14(18)11(12)15(19)20/h5-6,16H,1-4H2. The van der Waals surface area contributed by atoms with Crippen LogP contribution in [-0.4, -0.2) is 21.6 Å². The summed E-state index contributed by atoms with van der Waals surface area (Å²) in [7, 11) is 0. The fraction of sp³-hybridized carbons (Fsp3) is 0.286. The van der Waals surface area contributed by atoms with E-state index in [1.807, 2.05) is 0 Å². The largest absolute Gasteiger partial charge is 0.502 e. The van der Waals surface area contributed by atoms with Crippen molar-refractivity contribution in [2.75, 3.05) is 0 Å². The summed E-state index contributed by atoms with van der Waals surface area (Å²) in [5, 5.41) is 20.8. The number of fused-ring (bicyclic) bond motifs is 2. The number of carbonyl (C=O) groups excluding carboxylic acids is 2. The number of Topliss-reactive ketones (excluding diaryl/α,β-unsaturated/α-hetero) is 2. The summed E-state index contributed by atoms with van der Waals surface area (Å²) >= 11 is 0. The van der Waals surface area contributed by atoms with E-state index in [-0.39, 0.29) is 11.1 Å². The number of nitro groups is 1. The SMILES string of the molecule is O=C1C(=O)c2cc3c(cc2C(O)=C1[N+](=O)[O-])CCCC3. The third-order valence-corrected chi connectivity index (χ3v) is 3.81. The first-order valence-corrected chi connectivity index (χ1v) is 6.33. The van der Waals surface area contributed by atoms with Crippen LogP contribution in [0.4, 0.5) is 0 Å². The lowest BCUT2D eigenvalue weighted by atomic mass is 9.83. The number of allylic oxidation sites excluding steroid dienone is 1. The maximum Gasteiger partial charge on any atom is 0.362 e. The van der Waals surface area contributed by atoms with Crippen LogP contribution in [0.25, 0.3) is 5.76 Å². The van der Waals surface area contributed by atoms with Gasteiger partial charge >= 0.3 is 11.5 Å². The second kappa shape index (κ2) is 4.26. The van der Waals surface area contributed by atoms with Gasteiger partial charge in [-0.2, -0.15) is 0 Å². The van der Waals surface area contributed by atoms with Crippen molar-refractivity contribution in [3.63, 3.8) is 0 Å². The van der Waals surface area contributed by atoms with Crippen LogP contribution in [0.1, 0.15) is 39.9 Å². The van der Waals surface area contributed by atoms with E-state index < -0.39 is 27.9 Å². The fourth-order valence-electron chi connectivity index (χ4n) is 2.80. The van der Waals surface area contributed by atoms with Crippen molar-refractivity contribution in [2.24, 2.45) is 0 Å². The molecule has 1 aromatic carbocycles. The summed E-state index contributed by atoms with van der Waals surface area (Å²) in [6.07, 6.45) is 3.64. The summed E-state index contributed by atoms with van der Waals surface area (Å²) in [6, 6.07) is 3.20. The third kappa shape index (κ3) is 1.65. The van der Waals surface area contributed by atoms with Crippen LogP contribution in [0.3, 0.4) is 0 Å². The summed E-state index contributed by atoms with van der Waals surface area (Å²) in [5.41, 5.74) is 1.10.